The molecule has 0 saturated heterocycles. The third-order valence-corrected chi connectivity index (χ3v) is 7.44. The van der Waals surface area contributed by atoms with Gasteiger partial charge in [-0.25, -0.2) is 8.42 Å². The number of thiophene rings is 1. The molecule has 1 aromatic heterocycles. The topological polar surface area (TPSA) is 37.4 Å². The van der Waals surface area contributed by atoms with Gasteiger partial charge in [0.2, 0.25) is 0 Å². The number of hydrogen-bond donors (Lipinski definition) is 0. The summed E-state index contributed by atoms with van der Waals surface area (Å²) in [6.45, 7) is 0.646. The predicted octanol–water partition coefficient (Wildman–Crippen LogP) is 2.93. The van der Waals surface area contributed by atoms with Crippen molar-refractivity contribution in [1.82, 2.24) is 4.31 Å². The highest BCUT2D eigenvalue weighted by molar-refractivity contribution is 9.10. The van der Waals surface area contributed by atoms with Crippen molar-refractivity contribution in [3.8, 4) is 0 Å². The fourth-order valence-corrected chi connectivity index (χ4v) is 5.49. The fraction of sp³-hybridized carbons (Fsp3) is 0.600. The van der Waals surface area contributed by atoms with Gasteiger partial charge in [-0.3, -0.25) is 0 Å². The van der Waals surface area contributed by atoms with E-state index in [4.69, 9.17) is 0 Å². The number of sulfonamides is 1. The van der Waals surface area contributed by atoms with E-state index < -0.39 is 10.0 Å². The van der Waals surface area contributed by atoms with Crippen LogP contribution in [0.15, 0.2) is 20.1 Å². The van der Waals surface area contributed by atoms with Crippen molar-refractivity contribution < 1.29 is 8.42 Å². The Bertz CT molecular complexity index is 465. The molecular weight excluding hydrogens is 310 g/mol. The second kappa shape index (κ2) is 4.76. The van der Waals surface area contributed by atoms with Crippen LogP contribution in [0.2, 0.25) is 0 Å². The first-order valence-corrected chi connectivity index (χ1v) is 8.32. The third kappa shape index (κ3) is 2.34. The minimum atomic E-state index is -3.29. The molecule has 0 atom stereocenters. The Morgan fingerprint density at radius 2 is 2.25 bits per heavy atom. The summed E-state index contributed by atoms with van der Waals surface area (Å²) < 4.78 is 26.9. The van der Waals surface area contributed by atoms with Crippen LogP contribution in [0.3, 0.4) is 0 Å². The molecule has 0 bridgehead atoms. The summed E-state index contributed by atoms with van der Waals surface area (Å²) in [5, 5.41) is 1.79. The Hall–Kier alpha value is 0.0900. The van der Waals surface area contributed by atoms with Gasteiger partial charge in [0.25, 0.3) is 10.0 Å². The molecule has 0 unspecified atom stereocenters. The number of halogens is 1. The van der Waals surface area contributed by atoms with Crippen LogP contribution in [-0.2, 0) is 10.0 Å². The molecule has 0 aliphatic heterocycles. The molecule has 0 N–H and O–H groups in total. The average Bonchev–Trinajstić information content (AvgIpc) is 2.58. The van der Waals surface area contributed by atoms with Crippen LogP contribution in [0.5, 0.6) is 0 Å². The first kappa shape index (κ1) is 12.5. The molecule has 16 heavy (non-hydrogen) atoms. The first-order chi connectivity index (χ1) is 7.51. The normalized spacial score (nSPS) is 17.7. The highest BCUT2D eigenvalue weighted by atomic mass is 79.9. The van der Waals surface area contributed by atoms with Crippen molar-refractivity contribution in [2.75, 3.05) is 13.6 Å². The van der Waals surface area contributed by atoms with E-state index in [0.29, 0.717) is 21.1 Å². The summed E-state index contributed by atoms with van der Waals surface area (Å²) in [6, 6.07) is 1.77. The maximum atomic E-state index is 12.2. The van der Waals surface area contributed by atoms with E-state index in [2.05, 4.69) is 15.9 Å². The Morgan fingerprint density at radius 1 is 1.56 bits per heavy atom. The summed E-state index contributed by atoms with van der Waals surface area (Å²) in [5.41, 5.74) is 0. The van der Waals surface area contributed by atoms with Gasteiger partial charge in [-0.15, -0.1) is 11.3 Å². The first-order valence-electron chi connectivity index (χ1n) is 5.21. The zero-order valence-electron chi connectivity index (χ0n) is 9.02. The van der Waals surface area contributed by atoms with Crippen LogP contribution in [0.4, 0.5) is 0 Å². The van der Waals surface area contributed by atoms with E-state index in [1.54, 1.807) is 18.5 Å². The molecule has 1 aliphatic carbocycles. The number of hydrogen-bond acceptors (Lipinski definition) is 3. The molecule has 3 nitrogen and oxygen atoms in total. The Morgan fingerprint density at radius 3 is 2.69 bits per heavy atom. The molecule has 1 saturated carbocycles. The molecule has 90 valence electrons. The van der Waals surface area contributed by atoms with Crippen LogP contribution in [0.25, 0.3) is 0 Å². The fourth-order valence-electron chi connectivity index (χ4n) is 1.74. The maximum Gasteiger partial charge on any atom is 0.253 e. The van der Waals surface area contributed by atoms with Gasteiger partial charge in [0.1, 0.15) is 4.21 Å². The van der Waals surface area contributed by atoms with Crippen LogP contribution in [-0.4, -0.2) is 26.3 Å². The zero-order chi connectivity index (χ0) is 11.8. The SMILES string of the molecule is CN(CC1CCC1)S(=O)(=O)c1sccc1Br. The Kier molecular flexibility index (Phi) is 3.73. The Balaban J connectivity index is 2.15. The summed E-state index contributed by atoms with van der Waals surface area (Å²) in [7, 11) is -1.63. The molecular formula is C10H14BrNO2S2. The lowest BCUT2D eigenvalue weighted by Crippen LogP contribution is -2.34. The van der Waals surface area contributed by atoms with Gasteiger partial charge < -0.3 is 0 Å². The monoisotopic (exact) mass is 323 g/mol. The lowest BCUT2D eigenvalue weighted by Gasteiger charge is -2.29. The largest absolute Gasteiger partial charge is 0.253 e. The quantitative estimate of drug-likeness (QED) is 0.854. The van der Waals surface area contributed by atoms with Crippen LogP contribution < -0.4 is 0 Å². The van der Waals surface area contributed by atoms with Crippen molar-refractivity contribution in [1.29, 1.82) is 0 Å². The van der Waals surface area contributed by atoms with Gasteiger partial charge >= 0.3 is 0 Å². The Labute approximate surface area is 109 Å². The molecule has 0 spiro atoms. The summed E-state index contributed by atoms with van der Waals surface area (Å²) in [4.78, 5) is 0. The highest BCUT2D eigenvalue weighted by Crippen LogP contribution is 2.32. The standard InChI is InChI=1S/C10H14BrNO2S2/c1-12(7-8-3-2-4-8)16(13,14)10-9(11)5-6-15-10/h5-6,8H,2-4,7H2,1H3. The van der Waals surface area contributed by atoms with E-state index in [1.807, 2.05) is 0 Å². The lowest BCUT2D eigenvalue weighted by molar-refractivity contribution is 0.263. The molecule has 1 aliphatic rings. The second-order valence-corrected chi connectivity index (χ2v) is 8.15. The van der Waals surface area contributed by atoms with Gasteiger partial charge in [0.05, 0.1) is 0 Å². The van der Waals surface area contributed by atoms with E-state index in [-0.39, 0.29) is 0 Å². The molecule has 0 aromatic carbocycles. The van der Waals surface area contributed by atoms with Crippen molar-refractivity contribution >= 4 is 37.3 Å². The number of rotatable bonds is 4. The average molecular weight is 324 g/mol. The van der Waals surface area contributed by atoms with Crippen molar-refractivity contribution in [2.24, 2.45) is 5.92 Å². The van der Waals surface area contributed by atoms with E-state index in [9.17, 15) is 8.42 Å². The van der Waals surface area contributed by atoms with Gasteiger partial charge in [-0.05, 0) is 46.1 Å². The van der Waals surface area contributed by atoms with E-state index >= 15 is 0 Å². The molecule has 2 rings (SSSR count). The summed E-state index contributed by atoms with van der Waals surface area (Å²) in [6.07, 6.45) is 3.55. The van der Waals surface area contributed by atoms with Gasteiger partial charge in [-0.2, -0.15) is 4.31 Å². The van der Waals surface area contributed by atoms with Gasteiger partial charge in [0.15, 0.2) is 0 Å². The van der Waals surface area contributed by atoms with E-state index in [1.165, 1.54) is 22.1 Å². The maximum absolute atomic E-state index is 12.2. The van der Waals surface area contributed by atoms with Crippen LogP contribution in [0, 0.1) is 5.92 Å². The molecule has 0 radical (unpaired) electrons. The number of nitrogens with zero attached hydrogens (tertiary/aromatic N) is 1. The van der Waals surface area contributed by atoms with Crippen molar-refractivity contribution in [3.05, 3.63) is 15.9 Å². The molecule has 1 aromatic rings. The predicted molar refractivity (Wildman–Crippen MR) is 69.2 cm³/mol. The van der Waals surface area contributed by atoms with Gasteiger partial charge in [0, 0.05) is 18.1 Å². The second-order valence-electron chi connectivity index (χ2n) is 4.14. The van der Waals surface area contributed by atoms with E-state index in [0.717, 1.165) is 12.8 Å². The smallest absolute Gasteiger partial charge is 0.206 e. The molecule has 6 heteroatoms. The van der Waals surface area contributed by atoms with Crippen LogP contribution >= 0.6 is 27.3 Å². The minimum absolute atomic E-state index is 0.411. The summed E-state index contributed by atoms with van der Waals surface area (Å²) >= 11 is 4.53. The molecule has 1 fully saturated rings. The summed E-state index contributed by atoms with van der Waals surface area (Å²) in [5.74, 6) is 0.554. The third-order valence-electron chi connectivity index (χ3n) is 2.97. The zero-order valence-corrected chi connectivity index (χ0v) is 12.2. The van der Waals surface area contributed by atoms with Crippen molar-refractivity contribution in [3.63, 3.8) is 0 Å². The minimum Gasteiger partial charge on any atom is -0.206 e. The van der Waals surface area contributed by atoms with Crippen molar-refractivity contribution in [2.45, 2.75) is 23.5 Å². The molecule has 0 amide bonds. The highest BCUT2D eigenvalue weighted by Gasteiger charge is 2.28. The molecule has 1 heterocycles. The van der Waals surface area contributed by atoms with Crippen LogP contribution in [0.1, 0.15) is 19.3 Å². The van der Waals surface area contributed by atoms with Gasteiger partial charge in [-0.1, -0.05) is 6.42 Å². The lowest BCUT2D eigenvalue weighted by atomic mass is 9.86.